The molecule has 1 aromatic carbocycles. The van der Waals surface area contributed by atoms with Gasteiger partial charge in [0, 0.05) is 38.0 Å². The number of aryl methyl sites for hydroxylation is 2. The topological polar surface area (TPSA) is 51.4 Å². The number of aromatic amines is 1. The fourth-order valence-electron chi connectivity index (χ4n) is 2.18. The third kappa shape index (κ3) is 2.42. The van der Waals surface area contributed by atoms with Crippen molar-refractivity contribution < 1.29 is 0 Å². The van der Waals surface area contributed by atoms with Crippen LogP contribution in [-0.2, 0) is 20.0 Å². The largest absolute Gasteiger partial charge is 0.338 e. The van der Waals surface area contributed by atoms with Gasteiger partial charge in [0.25, 0.3) is 0 Å². The van der Waals surface area contributed by atoms with Crippen molar-refractivity contribution in [2.45, 2.75) is 13.0 Å². The molecule has 20 heavy (non-hydrogen) atoms. The summed E-state index contributed by atoms with van der Waals surface area (Å²) in [7, 11) is 2.00. The second kappa shape index (κ2) is 5.42. The number of H-pyrrole nitrogens is 1. The Hall–Kier alpha value is -2.21. The monoisotopic (exact) mass is 285 g/mol. The minimum Gasteiger partial charge on any atom is -0.338 e. The molecule has 0 bridgehead atoms. The molecule has 0 radical (unpaired) electrons. The Labute approximate surface area is 121 Å². The first kappa shape index (κ1) is 12.8. The lowest BCUT2D eigenvalue weighted by Gasteiger charge is -2.07. The molecule has 0 fully saturated rings. The van der Waals surface area contributed by atoms with Gasteiger partial charge in [-0.05, 0) is 12.2 Å². The summed E-state index contributed by atoms with van der Waals surface area (Å²) in [6, 6.07) is 10.0. The van der Waals surface area contributed by atoms with Crippen molar-refractivity contribution in [1.82, 2.24) is 24.3 Å². The van der Waals surface area contributed by atoms with E-state index in [9.17, 15) is 0 Å². The maximum Gasteiger partial charge on any atom is 0.195 e. The van der Waals surface area contributed by atoms with Crippen LogP contribution in [0.15, 0.2) is 42.7 Å². The quantitative estimate of drug-likeness (QED) is 0.750. The lowest BCUT2D eigenvalue weighted by atomic mass is 10.2. The van der Waals surface area contributed by atoms with Gasteiger partial charge in [0.05, 0.1) is 0 Å². The highest BCUT2D eigenvalue weighted by Gasteiger charge is 2.09. The van der Waals surface area contributed by atoms with Crippen LogP contribution in [0.4, 0.5) is 0 Å². The molecular formula is C14H15N5S. The van der Waals surface area contributed by atoms with Crippen LogP contribution in [0.25, 0.3) is 11.4 Å². The van der Waals surface area contributed by atoms with Crippen LogP contribution >= 0.6 is 12.2 Å². The van der Waals surface area contributed by atoms with Gasteiger partial charge in [0.1, 0.15) is 5.82 Å². The minimum atomic E-state index is 0.637. The standard InChI is InChI=1S/C14H15N5S/c1-18-10-8-15-12(18)7-9-19-13(16-17-14(19)20)11-5-3-2-4-6-11/h2-6,8,10H,7,9H2,1H3,(H,17,20). The molecule has 0 aliphatic rings. The van der Waals surface area contributed by atoms with E-state index in [0.717, 1.165) is 30.2 Å². The summed E-state index contributed by atoms with van der Waals surface area (Å²) in [5, 5.41) is 7.20. The maximum atomic E-state index is 5.32. The number of rotatable bonds is 4. The SMILES string of the molecule is Cn1ccnc1CCn1c(-c2ccccc2)n[nH]c1=S. The molecule has 0 atom stereocenters. The van der Waals surface area contributed by atoms with E-state index in [1.807, 2.05) is 58.9 Å². The van der Waals surface area contributed by atoms with Gasteiger partial charge >= 0.3 is 0 Å². The van der Waals surface area contributed by atoms with E-state index in [1.54, 1.807) is 0 Å². The second-order valence-corrected chi connectivity index (χ2v) is 4.96. The Kier molecular flexibility index (Phi) is 3.47. The van der Waals surface area contributed by atoms with Gasteiger partial charge in [0.15, 0.2) is 10.6 Å². The Morgan fingerprint density at radius 3 is 2.75 bits per heavy atom. The summed E-state index contributed by atoms with van der Waals surface area (Å²) in [5.41, 5.74) is 1.06. The van der Waals surface area contributed by atoms with Gasteiger partial charge in [-0.1, -0.05) is 30.3 Å². The van der Waals surface area contributed by atoms with Crippen molar-refractivity contribution in [1.29, 1.82) is 0 Å². The average Bonchev–Trinajstić information content (AvgIpc) is 3.04. The summed E-state index contributed by atoms with van der Waals surface area (Å²) >= 11 is 5.32. The zero-order chi connectivity index (χ0) is 13.9. The van der Waals surface area contributed by atoms with Gasteiger partial charge in [-0.3, -0.25) is 9.67 Å². The molecule has 0 unspecified atom stereocenters. The van der Waals surface area contributed by atoms with Crippen molar-refractivity contribution in [3.05, 3.63) is 53.3 Å². The van der Waals surface area contributed by atoms with E-state index >= 15 is 0 Å². The number of imidazole rings is 1. The molecule has 5 nitrogen and oxygen atoms in total. The van der Waals surface area contributed by atoms with E-state index < -0.39 is 0 Å². The van der Waals surface area contributed by atoms with E-state index in [4.69, 9.17) is 12.2 Å². The summed E-state index contributed by atoms with van der Waals surface area (Å²) in [5.74, 6) is 1.90. The van der Waals surface area contributed by atoms with Crippen molar-refractivity contribution in [2.24, 2.45) is 7.05 Å². The fourth-order valence-corrected chi connectivity index (χ4v) is 2.41. The van der Waals surface area contributed by atoms with Gasteiger partial charge < -0.3 is 4.57 Å². The molecule has 2 aromatic heterocycles. The number of benzene rings is 1. The molecule has 0 spiro atoms. The molecule has 0 saturated heterocycles. The highest BCUT2D eigenvalue weighted by Crippen LogP contribution is 2.17. The molecule has 2 heterocycles. The van der Waals surface area contributed by atoms with E-state index in [-0.39, 0.29) is 0 Å². The van der Waals surface area contributed by atoms with Gasteiger partial charge in [-0.25, -0.2) is 4.98 Å². The third-order valence-electron chi connectivity index (χ3n) is 3.27. The number of hydrogen-bond acceptors (Lipinski definition) is 3. The molecule has 102 valence electrons. The zero-order valence-corrected chi connectivity index (χ0v) is 12.0. The van der Waals surface area contributed by atoms with Crippen LogP contribution in [0.2, 0.25) is 0 Å². The maximum absolute atomic E-state index is 5.32. The first-order valence-electron chi connectivity index (χ1n) is 6.42. The van der Waals surface area contributed by atoms with Crippen LogP contribution < -0.4 is 0 Å². The lowest BCUT2D eigenvalue weighted by Crippen LogP contribution is -2.07. The number of nitrogens with zero attached hydrogens (tertiary/aromatic N) is 4. The summed E-state index contributed by atoms with van der Waals surface area (Å²) in [6.45, 7) is 0.754. The molecule has 0 aliphatic carbocycles. The van der Waals surface area contributed by atoms with Crippen molar-refractivity contribution >= 4 is 12.2 Å². The average molecular weight is 285 g/mol. The van der Waals surface area contributed by atoms with Crippen LogP contribution in [0.5, 0.6) is 0 Å². The molecule has 0 amide bonds. The Bertz CT molecular complexity index is 753. The van der Waals surface area contributed by atoms with Crippen molar-refractivity contribution in [2.75, 3.05) is 0 Å². The van der Waals surface area contributed by atoms with Gasteiger partial charge in [-0.2, -0.15) is 5.10 Å². The van der Waals surface area contributed by atoms with E-state index in [0.29, 0.717) is 4.77 Å². The number of hydrogen-bond donors (Lipinski definition) is 1. The predicted octanol–water partition coefficient (Wildman–Crippen LogP) is 2.58. The molecular weight excluding hydrogens is 270 g/mol. The van der Waals surface area contributed by atoms with Crippen molar-refractivity contribution in [3.63, 3.8) is 0 Å². The molecule has 0 saturated carbocycles. The molecule has 0 aliphatic heterocycles. The zero-order valence-electron chi connectivity index (χ0n) is 11.2. The Morgan fingerprint density at radius 1 is 1.25 bits per heavy atom. The van der Waals surface area contributed by atoms with Gasteiger partial charge in [0.2, 0.25) is 0 Å². The van der Waals surface area contributed by atoms with Crippen LogP contribution in [-0.4, -0.2) is 24.3 Å². The predicted molar refractivity (Wildman–Crippen MR) is 79.8 cm³/mol. The molecule has 1 N–H and O–H groups in total. The van der Waals surface area contributed by atoms with Crippen LogP contribution in [0.3, 0.4) is 0 Å². The fraction of sp³-hybridized carbons (Fsp3) is 0.214. The van der Waals surface area contributed by atoms with Crippen LogP contribution in [0.1, 0.15) is 5.82 Å². The van der Waals surface area contributed by atoms with Crippen LogP contribution in [0, 0.1) is 4.77 Å². The normalized spacial score (nSPS) is 10.8. The first-order chi connectivity index (χ1) is 9.75. The summed E-state index contributed by atoms with van der Waals surface area (Å²) in [4.78, 5) is 4.33. The summed E-state index contributed by atoms with van der Waals surface area (Å²) < 4.78 is 4.67. The highest BCUT2D eigenvalue weighted by atomic mass is 32.1. The highest BCUT2D eigenvalue weighted by molar-refractivity contribution is 7.71. The van der Waals surface area contributed by atoms with Gasteiger partial charge in [-0.15, -0.1) is 0 Å². The number of nitrogens with one attached hydrogen (secondary N) is 1. The van der Waals surface area contributed by atoms with Crippen molar-refractivity contribution in [3.8, 4) is 11.4 Å². The minimum absolute atomic E-state index is 0.637. The molecule has 3 aromatic rings. The smallest absolute Gasteiger partial charge is 0.195 e. The lowest BCUT2D eigenvalue weighted by molar-refractivity contribution is 0.647. The molecule has 6 heteroatoms. The second-order valence-electron chi connectivity index (χ2n) is 4.57. The summed E-state index contributed by atoms with van der Waals surface area (Å²) in [6.07, 6.45) is 4.57. The van der Waals surface area contributed by atoms with E-state index in [1.165, 1.54) is 0 Å². The Morgan fingerprint density at radius 2 is 2.05 bits per heavy atom. The Balaban J connectivity index is 1.89. The molecule has 3 rings (SSSR count). The van der Waals surface area contributed by atoms with E-state index in [2.05, 4.69) is 15.2 Å². The number of aromatic nitrogens is 5. The first-order valence-corrected chi connectivity index (χ1v) is 6.83. The third-order valence-corrected chi connectivity index (χ3v) is 3.58.